The van der Waals surface area contributed by atoms with E-state index < -0.39 is 92.2 Å². The maximum absolute atomic E-state index is 13.8. The van der Waals surface area contributed by atoms with Gasteiger partial charge in [-0.1, -0.05) is 55.6 Å². The number of hydrogen-bond donors (Lipinski definition) is 3. The fraction of sp³-hybridized carbons (Fsp3) is 0.462. The predicted molar refractivity (Wildman–Crippen MR) is 155 cm³/mol. The molecule has 1 unspecified atom stereocenters. The number of alkyl halides is 4. The molecule has 0 radical (unpaired) electrons. The van der Waals surface area contributed by atoms with Gasteiger partial charge < -0.3 is 30.2 Å². The average molecular weight is 727 g/mol. The molecule has 0 bridgehead atoms. The molecule has 5 atom stereocenters. The molecule has 1 aromatic carbocycles. The van der Waals surface area contributed by atoms with Crippen molar-refractivity contribution >= 4 is 60.1 Å². The zero-order valence-corrected chi connectivity index (χ0v) is 25.6. The number of nitrogens with one attached hydrogen (secondary N) is 3. The van der Waals surface area contributed by atoms with Gasteiger partial charge in [-0.3, -0.25) is 19.2 Å². The molecular formula is C26H30F3IN4O7S. The molecule has 1 aromatic heterocycles. The van der Waals surface area contributed by atoms with Crippen molar-refractivity contribution in [2.24, 2.45) is 0 Å². The number of benzene rings is 1. The van der Waals surface area contributed by atoms with Gasteiger partial charge in [0.1, 0.15) is 22.6 Å². The van der Waals surface area contributed by atoms with E-state index in [1.54, 1.807) is 44.2 Å². The summed E-state index contributed by atoms with van der Waals surface area (Å²) in [7, 11) is 0. The van der Waals surface area contributed by atoms with Crippen LogP contribution < -0.4 is 16.0 Å². The largest absolute Gasteiger partial charge is 0.361 e. The molecule has 42 heavy (non-hydrogen) atoms. The van der Waals surface area contributed by atoms with Crippen LogP contribution >= 0.6 is 32.1 Å². The van der Waals surface area contributed by atoms with E-state index in [0.717, 1.165) is 11.3 Å². The number of aromatic nitrogens is 1. The fourth-order valence-corrected chi connectivity index (χ4v) is 4.81. The second kappa shape index (κ2) is 15.6. The zero-order valence-electron chi connectivity index (χ0n) is 22.6. The highest BCUT2D eigenvalue weighted by atomic mass is 127. The van der Waals surface area contributed by atoms with Crippen LogP contribution in [0.4, 0.5) is 13.2 Å². The first kappa shape index (κ1) is 33.7. The van der Waals surface area contributed by atoms with Crippen molar-refractivity contribution in [2.45, 2.75) is 55.0 Å². The van der Waals surface area contributed by atoms with E-state index in [-0.39, 0.29) is 17.9 Å². The Kier molecular flexibility index (Phi) is 12.5. The smallest absolute Gasteiger partial charge is 0.345 e. The topological polar surface area (TPSA) is 148 Å². The van der Waals surface area contributed by atoms with Crippen LogP contribution in [0.1, 0.15) is 27.2 Å². The van der Waals surface area contributed by atoms with Crippen LogP contribution in [0.15, 0.2) is 36.5 Å². The number of halogens is 4. The van der Waals surface area contributed by atoms with Gasteiger partial charge in [0, 0.05) is 0 Å². The predicted octanol–water partition coefficient (Wildman–Crippen LogP) is 2.03. The van der Waals surface area contributed by atoms with Crippen LogP contribution in [-0.2, 0) is 35.0 Å². The van der Waals surface area contributed by atoms with E-state index in [0.29, 0.717) is 10.6 Å². The van der Waals surface area contributed by atoms with Crippen LogP contribution in [-0.4, -0.2) is 87.5 Å². The Morgan fingerprint density at radius 3 is 2.19 bits per heavy atom. The number of thiazole rings is 1. The van der Waals surface area contributed by atoms with Crippen LogP contribution in [0.25, 0.3) is 0 Å². The number of Topliss-reactive ketones (excluding diaryl/α,β-unsaturated/α-hetero) is 1. The number of rotatable bonds is 17. The maximum Gasteiger partial charge on any atom is 0.345 e. The Labute approximate surface area is 253 Å². The summed E-state index contributed by atoms with van der Waals surface area (Å²) < 4.78 is 56.0. The highest BCUT2D eigenvalue weighted by Gasteiger charge is 2.50. The van der Waals surface area contributed by atoms with Crippen molar-refractivity contribution in [1.82, 2.24) is 20.9 Å². The highest BCUT2D eigenvalue weighted by Crippen LogP contribution is 2.29. The minimum Gasteiger partial charge on any atom is -0.361 e. The molecule has 0 spiro atoms. The van der Waals surface area contributed by atoms with Crippen molar-refractivity contribution in [1.29, 1.82) is 0 Å². The third-order valence-corrected chi connectivity index (χ3v) is 7.98. The lowest BCUT2D eigenvalue weighted by molar-refractivity contribution is -0.149. The molecule has 3 amide bonds. The lowest BCUT2D eigenvalue weighted by atomic mass is 9.94. The first-order valence-corrected chi connectivity index (χ1v) is 16.1. The second-order valence-corrected chi connectivity index (χ2v) is 12.4. The molecule has 16 heteroatoms. The molecule has 0 saturated carbocycles. The molecule has 1 aliphatic rings. The summed E-state index contributed by atoms with van der Waals surface area (Å²) in [5.74, 6) is -3.21. The first-order valence-electron chi connectivity index (χ1n) is 12.5. The van der Waals surface area contributed by atoms with Crippen LogP contribution in [0.3, 0.4) is 0 Å². The molecule has 3 N–H and O–H groups in total. The Morgan fingerprint density at radius 2 is 1.64 bits per heavy atom. The average Bonchev–Trinajstić information content (AvgIpc) is 3.57. The van der Waals surface area contributed by atoms with Gasteiger partial charge in [0.2, 0.25) is 16.2 Å². The number of carbonyl (C=O) groups is 4. The highest BCUT2D eigenvalue weighted by molar-refractivity contribution is 14.2. The first-order chi connectivity index (χ1) is 19.9. The van der Waals surface area contributed by atoms with Crippen LogP contribution in [0, 0.1) is 6.92 Å². The van der Waals surface area contributed by atoms with Gasteiger partial charge in [0.25, 0.3) is 5.91 Å². The standard InChI is InChI=1S/C26H30F3IN4O7S/c1-14-31-10-19(42-14)23(38)34-18(12-40-25(29)30-3)22(37)33-17(11-39-24(27)28)21(36)32-16(20(35)26(2)13-41-26)9-15-7-5-4-6-8-15/h4-8,10,16-18,24-25H,3,9,11-13H2,1-2H3,(H,32,36)(H,33,37)(H,34,38)/t16-,17-,18-,25?,26+/m0/s1. The lowest BCUT2D eigenvalue weighted by Gasteiger charge is -2.26. The molecule has 230 valence electrons. The van der Waals surface area contributed by atoms with E-state index >= 15 is 0 Å². The van der Waals surface area contributed by atoms with Gasteiger partial charge in [-0.15, -0.1) is 11.3 Å². The Balaban J connectivity index is 1.78. The summed E-state index contributed by atoms with van der Waals surface area (Å²) in [6.45, 7) is -1.52. The Hall–Kier alpha value is -2.80. The van der Waals surface area contributed by atoms with Crippen molar-refractivity contribution in [3.8, 4) is 0 Å². The Morgan fingerprint density at radius 1 is 1.05 bits per heavy atom. The van der Waals surface area contributed by atoms with Crippen LogP contribution in [0.2, 0.25) is 0 Å². The van der Waals surface area contributed by atoms with Crippen molar-refractivity contribution in [2.75, 3.05) is 19.8 Å². The SMILES string of the molecule is C=IC(F)OC[C@H](NC(=O)c1cnc(C)s1)C(=O)N[C@@H](COC(F)F)C(=O)N[C@@H](Cc1ccccc1)C(=O)[C@@]1(C)CO1. The molecule has 11 nitrogen and oxygen atoms in total. The van der Waals surface area contributed by atoms with Gasteiger partial charge in [0.15, 0.2) is 5.78 Å². The van der Waals surface area contributed by atoms with Crippen molar-refractivity contribution in [3.05, 3.63) is 52.0 Å². The monoisotopic (exact) mass is 726 g/mol. The van der Waals surface area contributed by atoms with Gasteiger partial charge in [-0.2, -0.15) is 8.78 Å². The molecule has 2 heterocycles. The lowest BCUT2D eigenvalue weighted by Crippen LogP contribution is -2.59. The van der Waals surface area contributed by atoms with E-state index in [2.05, 4.69) is 30.2 Å². The summed E-state index contributed by atoms with van der Waals surface area (Å²) in [6.07, 6.45) is 1.35. The van der Waals surface area contributed by atoms with E-state index in [1.165, 1.54) is 6.20 Å². The third-order valence-electron chi connectivity index (χ3n) is 6.01. The van der Waals surface area contributed by atoms with Gasteiger partial charge in [-0.05, 0) is 25.8 Å². The minimum absolute atomic E-state index is 0.0630. The molecule has 1 aliphatic heterocycles. The molecule has 1 fully saturated rings. The third kappa shape index (κ3) is 10.2. The summed E-state index contributed by atoms with van der Waals surface area (Å²) >= 11 is -0.213. The van der Waals surface area contributed by atoms with E-state index in [4.69, 9.17) is 9.47 Å². The molecular weight excluding hydrogens is 696 g/mol. The number of nitrogens with zero attached hydrogens (tertiary/aromatic N) is 1. The Bertz CT molecular complexity index is 1270. The minimum atomic E-state index is -3.28. The van der Waals surface area contributed by atoms with Gasteiger partial charge in [0.05, 0.1) is 37.1 Å². The fourth-order valence-electron chi connectivity index (χ4n) is 3.67. The van der Waals surface area contributed by atoms with E-state index in [9.17, 15) is 32.3 Å². The summed E-state index contributed by atoms with van der Waals surface area (Å²) in [5, 5.41) is 7.72. The van der Waals surface area contributed by atoms with Gasteiger partial charge in [-0.25, -0.2) is 9.37 Å². The molecule has 1 saturated heterocycles. The number of carbonyl (C=O) groups excluding carboxylic acids is 4. The van der Waals surface area contributed by atoms with Crippen LogP contribution in [0.5, 0.6) is 0 Å². The molecule has 3 rings (SSSR count). The van der Waals surface area contributed by atoms with E-state index in [1.807, 2.05) is 0 Å². The van der Waals surface area contributed by atoms with Crippen molar-refractivity contribution in [3.63, 3.8) is 0 Å². The molecule has 2 aromatic rings. The molecule has 0 aliphatic carbocycles. The number of ketones is 1. The number of hydrogen-bond acceptors (Lipinski definition) is 9. The second-order valence-electron chi connectivity index (χ2n) is 9.31. The van der Waals surface area contributed by atoms with Gasteiger partial charge >= 0.3 is 6.61 Å². The quantitative estimate of drug-likeness (QED) is 0.128. The number of epoxide rings is 1. The van der Waals surface area contributed by atoms with Crippen molar-refractivity contribution < 1.29 is 46.6 Å². The number of amides is 3. The summed E-state index contributed by atoms with van der Waals surface area (Å²) in [4.78, 5) is 56.4. The maximum atomic E-state index is 13.8. The number of aryl methyl sites for hydroxylation is 1. The number of ether oxygens (including phenoxy) is 3. The summed E-state index contributed by atoms with van der Waals surface area (Å²) in [5.41, 5.74) is -0.413. The normalized spacial score (nSPS) is 18.9. The summed E-state index contributed by atoms with van der Waals surface area (Å²) in [6, 6.07) is 4.37. The zero-order chi connectivity index (χ0) is 30.9.